The normalized spacial score (nSPS) is 11.8. The molecule has 0 fully saturated rings. The highest BCUT2D eigenvalue weighted by Crippen LogP contribution is 1.94. The molecule has 0 bridgehead atoms. The molecule has 7 heteroatoms. The number of H-pyrrole nitrogens is 1. The molecule has 0 aliphatic carbocycles. The summed E-state index contributed by atoms with van der Waals surface area (Å²) in [6.45, 7) is 0.417. The number of rotatable bonds is 7. The lowest BCUT2D eigenvalue weighted by atomic mass is 10.3. The monoisotopic (exact) mass is 251 g/mol. The van der Waals surface area contributed by atoms with E-state index in [1.54, 1.807) is 12.4 Å². The fraction of sp³-hybridized carbons (Fsp3) is 0.625. The number of nitrogens with one attached hydrogen (secondary N) is 2. The number of alkyl halides is 1. The Morgan fingerprint density at radius 2 is 2.33 bits per heavy atom. The molecule has 0 aromatic carbocycles. The van der Waals surface area contributed by atoms with Gasteiger partial charge in [0.05, 0.1) is 5.75 Å². The van der Waals surface area contributed by atoms with Crippen LogP contribution in [0.3, 0.4) is 0 Å². The van der Waals surface area contributed by atoms with E-state index in [1.807, 2.05) is 0 Å². The second kappa shape index (κ2) is 6.09. The van der Waals surface area contributed by atoms with E-state index in [1.165, 1.54) is 0 Å². The van der Waals surface area contributed by atoms with Crippen LogP contribution in [-0.2, 0) is 16.4 Å². The van der Waals surface area contributed by atoms with Crippen molar-refractivity contribution in [3.05, 3.63) is 18.2 Å². The first-order chi connectivity index (χ1) is 7.14. The number of hydrogen-bond donors (Lipinski definition) is 2. The maximum absolute atomic E-state index is 11.2. The van der Waals surface area contributed by atoms with Crippen LogP contribution in [0.1, 0.15) is 12.2 Å². The van der Waals surface area contributed by atoms with Gasteiger partial charge in [0, 0.05) is 31.2 Å². The third-order valence-electron chi connectivity index (χ3n) is 1.81. The number of aromatic nitrogens is 2. The van der Waals surface area contributed by atoms with Crippen LogP contribution in [0.15, 0.2) is 12.4 Å². The topological polar surface area (TPSA) is 74.8 Å². The zero-order chi connectivity index (χ0) is 11.1. The highest BCUT2D eigenvalue weighted by atomic mass is 35.5. The molecule has 1 heterocycles. The Morgan fingerprint density at radius 3 is 2.93 bits per heavy atom. The molecule has 0 saturated heterocycles. The molecule has 0 radical (unpaired) electrons. The number of hydrogen-bond acceptors (Lipinski definition) is 3. The van der Waals surface area contributed by atoms with Gasteiger partial charge in [-0.05, 0) is 6.42 Å². The summed E-state index contributed by atoms with van der Waals surface area (Å²) in [5.41, 5.74) is 0. The number of nitrogens with zero attached hydrogens (tertiary/aromatic N) is 1. The van der Waals surface area contributed by atoms with E-state index in [0.717, 1.165) is 18.7 Å². The summed E-state index contributed by atoms with van der Waals surface area (Å²) in [5, 5.41) is 0. The predicted molar refractivity (Wildman–Crippen MR) is 59.4 cm³/mol. The van der Waals surface area contributed by atoms with E-state index >= 15 is 0 Å². The zero-order valence-electron chi connectivity index (χ0n) is 8.24. The minimum atomic E-state index is -3.19. The Hall–Kier alpha value is -0.590. The van der Waals surface area contributed by atoms with Gasteiger partial charge in [-0.25, -0.2) is 18.1 Å². The van der Waals surface area contributed by atoms with Gasteiger partial charge < -0.3 is 4.98 Å². The van der Waals surface area contributed by atoms with Crippen LogP contribution in [0.4, 0.5) is 0 Å². The Bertz CT molecular complexity index is 363. The van der Waals surface area contributed by atoms with Gasteiger partial charge in [-0.15, -0.1) is 11.6 Å². The molecule has 1 aromatic heterocycles. The first-order valence-corrected chi connectivity index (χ1v) is 6.84. The van der Waals surface area contributed by atoms with E-state index in [9.17, 15) is 8.42 Å². The molecular formula is C8H14ClN3O2S. The minimum absolute atomic E-state index is 0.0324. The van der Waals surface area contributed by atoms with Gasteiger partial charge in [0.1, 0.15) is 5.82 Å². The van der Waals surface area contributed by atoms with Crippen molar-refractivity contribution in [2.24, 2.45) is 0 Å². The van der Waals surface area contributed by atoms with Crippen LogP contribution >= 0.6 is 11.6 Å². The Morgan fingerprint density at radius 1 is 1.53 bits per heavy atom. The van der Waals surface area contributed by atoms with Gasteiger partial charge in [0.15, 0.2) is 0 Å². The first-order valence-electron chi connectivity index (χ1n) is 4.65. The number of imidazole rings is 1. The lowest BCUT2D eigenvalue weighted by molar-refractivity contribution is 0.580. The van der Waals surface area contributed by atoms with E-state index in [-0.39, 0.29) is 11.6 Å². The van der Waals surface area contributed by atoms with Crippen LogP contribution in [0.5, 0.6) is 0 Å². The van der Waals surface area contributed by atoms with E-state index < -0.39 is 10.0 Å². The third kappa shape index (κ3) is 5.15. The molecular weight excluding hydrogens is 238 g/mol. The third-order valence-corrected chi connectivity index (χ3v) is 3.61. The molecule has 1 rings (SSSR count). The quantitative estimate of drug-likeness (QED) is 0.547. The van der Waals surface area contributed by atoms with Crippen LogP contribution in [-0.4, -0.2) is 36.6 Å². The molecule has 0 atom stereocenters. The maximum Gasteiger partial charge on any atom is 0.212 e. The van der Waals surface area contributed by atoms with E-state index in [4.69, 9.17) is 11.6 Å². The summed E-state index contributed by atoms with van der Waals surface area (Å²) in [6.07, 6.45) is 4.87. The largest absolute Gasteiger partial charge is 0.349 e. The van der Waals surface area contributed by atoms with Gasteiger partial charge >= 0.3 is 0 Å². The summed E-state index contributed by atoms with van der Waals surface area (Å²) < 4.78 is 24.8. The molecule has 0 aliphatic rings. The van der Waals surface area contributed by atoms with Gasteiger partial charge in [-0.2, -0.15) is 0 Å². The second-order valence-electron chi connectivity index (χ2n) is 3.04. The van der Waals surface area contributed by atoms with Crippen molar-refractivity contribution >= 4 is 21.6 Å². The Labute approximate surface area is 94.3 Å². The van der Waals surface area contributed by atoms with E-state index in [2.05, 4.69) is 14.7 Å². The smallest absolute Gasteiger partial charge is 0.212 e. The standard InChI is InChI=1S/C8H14ClN3O2S/c9-3-7-15(13,14)12-4-1-2-8-10-5-6-11-8/h5-6,12H,1-4,7H2,(H,10,11). The lowest BCUT2D eigenvalue weighted by Gasteiger charge is -2.03. The Kier molecular flexibility index (Phi) is 5.07. The number of aromatic amines is 1. The summed E-state index contributed by atoms with van der Waals surface area (Å²) >= 11 is 5.35. The van der Waals surface area contributed by atoms with Crippen molar-refractivity contribution in [2.45, 2.75) is 12.8 Å². The predicted octanol–water partition coefficient (Wildman–Crippen LogP) is 0.500. The molecule has 1 aromatic rings. The van der Waals surface area contributed by atoms with E-state index in [0.29, 0.717) is 6.54 Å². The summed E-state index contributed by atoms with van der Waals surface area (Å²) in [4.78, 5) is 6.98. The number of sulfonamides is 1. The first kappa shape index (κ1) is 12.5. The number of aryl methyl sites for hydroxylation is 1. The SMILES string of the molecule is O=S(=O)(CCCl)NCCCc1ncc[nH]1. The minimum Gasteiger partial charge on any atom is -0.349 e. The fourth-order valence-electron chi connectivity index (χ4n) is 1.09. The lowest BCUT2D eigenvalue weighted by Crippen LogP contribution is -2.28. The van der Waals surface area contributed by atoms with Gasteiger partial charge in [-0.1, -0.05) is 0 Å². The van der Waals surface area contributed by atoms with Gasteiger partial charge in [0.25, 0.3) is 0 Å². The van der Waals surface area contributed by atoms with Gasteiger partial charge in [0.2, 0.25) is 10.0 Å². The van der Waals surface area contributed by atoms with Crippen LogP contribution in [0, 0.1) is 0 Å². The average Bonchev–Trinajstić information content (AvgIpc) is 2.65. The van der Waals surface area contributed by atoms with Crippen molar-refractivity contribution in [1.82, 2.24) is 14.7 Å². The van der Waals surface area contributed by atoms with Crippen molar-refractivity contribution in [3.63, 3.8) is 0 Å². The zero-order valence-corrected chi connectivity index (χ0v) is 9.81. The van der Waals surface area contributed by atoms with Crippen LogP contribution in [0.2, 0.25) is 0 Å². The second-order valence-corrected chi connectivity index (χ2v) is 5.35. The average molecular weight is 252 g/mol. The molecule has 5 nitrogen and oxygen atoms in total. The van der Waals surface area contributed by atoms with Crippen molar-refractivity contribution in [1.29, 1.82) is 0 Å². The molecule has 0 aliphatic heterocycles. The summed E-state index contributed by atoms with van der Waals surface area (Å²) in [7, 11) is -3.19. The molecule has 15 heavy (non-hydrogen) atoms. The summed E-state index contributed by atoms with van der Waals surface area (Å²) in [5.74, 6) is 0.953. The molecule has 0 spiro atoms. The molecule has 0 unspecified atom stereocenters. The van der Waals surface area contributed by atoms with Crippen molar-refractivity contribution < 1.29 is 8.42 Å². The maximum atomic E-state index is 11.2. The van der Waals surface area contributed by atoms with Crippen LogP contribution in [0.25, 0.3) is 0 Å². The Balaban J connectivity index is 2.17. The number of halogens is 1. The van der Waals surface area contributed by atoms with Crippen LogP contribution < -0.4 is 4.72 Å². The van der Waals surface area contributed by atoms with Gasteiger partial charge in [-0.3, -0.25) is 0 Å². The highest BCUT2D eigenvalue weighted by molar-refractivity contribution is 7.89. The summed E-state index contributed by atoms with van der Waals surface area (Å²) in [6, 6.07) is 0. The molecule has 2 N–H and O–H groups in total. The molecule has 86 valence electrons. The van der Waals surface area contributed by atoms with Crippen molar-refractivity contribution in [2.75, 3.05) is 18.2 Å². The highest BCUT2D eigenvalue weighted by Gasteiger charge is 2.07. The fourth-order valence-corrected chi connectivity index (χ4v) is 2.50. The molecule has 0 amide bonds. The molecule has 0 saturated carbocycles. The van der Waals surface area contributed by atoms with Crippen molar-refractivity contribution in [3.8, 4) is 0 Å².